The average molecular weight is 332 g/mol. The van der Waals surface area contributed by atoms with Crippen molar-refractivity contribution in [2.24, 2.45) is 5.73 Å². The first-order valence-electron chi connectivity index (χ1n) is 5.73. The van der Waals surface area contributed by atoms with Gasteiger partial charge in [0.05, 0.1) is 12.2 Å². The van der Waals surface area contributed by atoms with Crippen LogP contribution >= 0.6 is 0 Å². The molecule has 0 saturated heterocycles. The van der Waals surface area contributed by atoms with E-state index in [0.29, 0.717) is 0 Å². The number of hydrogen-bond donors (Lipinski definition) is 1. The maximum absolute atomic E-state index is 12.8. The minimum absolute atomic E-state index is 0.117. The summed E-state index contributed by atoms with van der Waals surface area (Å²) in [6.45, 7) is 0.190. The Balaban J connectivity index is 3.56. The Labute approximate surface area is 120 Å². The van der Waals surface area contributed by atoms with E-state index < -0.39 is 47.6 Å². The Morgan fingerprint density at radius 2 is 1.86 bits per heavy atom. The SMILES string of the molecule is CCOC(=O)c1c(OC(F)(F)F)ncc(C(F)(F)F)c1CN. The van der Waals surface area contributed by atoms with Gasteiger partial charge in [0.2, 0.25) is 5.88 Å². The van der Waals surface area contributed by atoms with E-state index in [1.165, 1.54) is 6.92 Å². The van der Waals surface area contributed by atoms with Crippen LogP contribution in [-0.2, 0) is 17.5 Å². The molecule has 0 saturated carbocycles. The minimum atomic E-state index is -5.25. The minimum Gasteiger partial charge on any atom is -0.462 e. The van der Waals surface area contributed by atoms with Crippen LogP contribution < -0.4 is 10.5 Å². The van der Waals surface area contributed by atoms with Gasteiger partial charge in [0, 0.05) is 12.7 Å². The van der Waals surface area contributed by atoms with E-state index in [2.05, 4.69) is 14.5 Å². The lowest BCUT2D eigenvalue weighted by atomic mass is 10.0. The number of carbonyl (C=O) groups is 1. The van der Waals surface area contributed by atoms with Crippen molar-refractivity contribution >= 4 is 5.97 Å². The molecule has 0 unspecified atom stereocenters. The van der Waals surface area contributed by atoms with E-state index >= 15 is 0 Å². The Morgan fingerprint density at radius 1 is 1.27 bits per heavy atom. The topological polar surface area (TPSA) is 74.4 Å². The van der Waals surface area contributed by atoms with Gasteiger partial charge in [0.15, 0.2) is 0 Å². The molecule has 1 rings (SSSR count). The first-order chi connectivity index (χ1) is 10.0. The van der Waals surface area contributed by atoms with Crippen LogP contribution in [0.4, 0.5) is 26.3 Å². The highest BCUT2D eigenvalue weighted by Gasteiger charge is 2.40. The molecular formula is C11H10F6N2O3. The Hall–Kier alpha value is -2.04. The predicted molar refractivity (Wildman–Crippen MR) is 59.8 cm³/mol. The van der Waals surface area contributed by atoms with Gasteiger partial charge in [0.1, 0.15) is 5.56 Å². The third-order valence-electron chi connectivity index (χ3n) is 2.35. The fourth-order valence-electron chi connectivity index (χ4n) is 1.59. The molecule has 1 aromatic rings. The Morgan fingerprint density at radius 3 is 2.27 bits per heavy atom. The third kappa shape index (κ3) is 4.23. The van der Waals surface area contributed by atoms with Crippen molar-refractivity contribution in [3.05, 3.63) is 22.9 Å². The molecule has 0 bridgehead atoms. The van der Waals surface area contributed by atoms with E-state index in [9.17, 15) is 31.1 Å². The molecule has 22 heavy (non-hydrogen) atoms. The number of carbonyl (C=O) groups excluding carboxylic acids is 1. The zero-order valence-electron chi connectivity index (χ0n) is 11.0. The van der Waals surface area contributed by atoms with Crippen LogP contribution in [0.1, 0.15) is 28.4 Å². The molecule has 5 nitrogen and oxygen atoms in total. The summed E-state index contributed by atoms with van der Waals surface area (Å²) in [6.07, 6.45) is -10.1. The van der Waals surface area contributed by atoms with Crippen molar-refractivity contribution in [1.29, 1.82) is 0 Å². The molecule has 0 fully saturated rings. The quantitative estimate of drug-likeness (QED) is 0.678. The van der Waals surface area contributed by atoms with E-state index in [4.69, 9.17) is 5.73 Å². The summed E-state index contributed by atoms with van der Waals surface area (Å²) in [6, 6.07) is 0. The van der Waals surface area contributed by atoms with Crippen LogP contribution in [0, 0.1) is 0 Å². The van der Waals surface area contributed by atoms with Crippen molar-refractivity contribution < 1.29 is 40.6 Å². The molecule has 0 aliphatic rings. The number of alkyl halides is 6. The molecule has 1 heterocycles. The Bertz CT molecular complexity index is 556. The van der Waals surface area contributed by atoms with Crippen molar-refractivity contribution in [3.8, 4) is 5.88 Å². The van der Waals surface area contributed by atoms with Gasteiger partial charge in [0.25, 0.3) is 0 Å². The van der Waals surface area contributed by atoms with Gasteiger partial charge in [-0.3, -0.25) is 0 Å². The fraction of sp³-hybridized carbons (Fsp3) is 0.455. The van der Waals surface area contributed by atoms with Crippen LogP contribution in [0.15, 0.2) is 6.20 Å². The average Bonchev–Trinajstić information content (AvgIpc) is 2.34. The van der Waals surface area contributed by atoms with E-state index in [-0.39, 0.29) is 12.8 Å². The maximum Gasteiger partial charge on any atom is 0.574 e. The predicted octanol–water partition coefficient (Wildman–Crippen LogP) is 2.63. The number of hydrogen-bond acceptors (Lipinski definition) is 5. The van der Waals surface area contributed by atoms with E-state index in [1.807, 2.05) is 0 Å². The van der Waals surface area contributed by atoms with Gasteiger partial charge >= 0.3 is 18.5 Å². The van der Waals surface area contributed by atoms with Gasteiger partial charge in [-0.05, 0) is 12.5 Å². The fourth-order valence-corrected chi connectivity index (χ4v) is 1.59. The molecule has 124 valence electrons. The number of ether oxygens (including phenoxy) is 2. The van der Waals surface area contributed by atoms with Crippen molar-refractivity contribution in [2.75, 3.05) is 6.61 Å². The highest BCUT2D eigenvalue weighted by Crippen LogP contribution is 2.36. The van der Waals surface area contributed by atoms with Crippen LogP contribution in [0.2, 0.25) is 0 Å². The van der Waals surface area contributed by atoms with E-state index in [0.717, 1.165) is 0 Å². The molecule has 0 amide bonds. The smallest absolute Gasteiger partial charge is 0.462 e. The molecule has 11 heteroatoms. The van der Waals surface area contributed by atoms with Crippen molar-refractivity contribution in [3.63, 3.8) is 0 Å². The van der Waals surface area contributed by atoms with Gasteiger partial charge < -0.3 is 15.2 Å². The van der Waals surface area contributed by atoms with Crippen molar-refractivity contribution in [2.45, 2.75) is 26.0 Å². The largest absolute Gasteiger partial charge is 0.574 e. The van der Waals surface area contributed by atoms with Gasteiger partial charge in [-0.15, -0.1) is 13.2 Å². The van der Waals surface area contributed by atoms with Crippen LogP contribution in [0.5, 0.6) is 5.88 Å². The molecule has 0 aliphatic carbocycles. The molecular weight excluding hydrogens is 322 g/mol. The van der Waals surface area contributed by atoms with Crippen LogP contribution in [0.3, 0.4) is 0 Å². The molecule has 0 radical (unpaired) electrons. The summed E-state index contributed by atoms with van der Waals surface area (Å²) in [7, 11) is 0. The summed E-state index contributed by atoms with van der Waals surface area (Å²) >= 11 is 0. The lowest BCUT2D eigenvalue weighted by Gasteiger charge is -2.18. The number of pyridine rings is 1. The summed E-state index contributed by atoms with van der Waals surface area (Å²) in [5.74, 6) is -2.79. The second kappa shape index (κ2) is 6.38. The van der Waals surface area contributed by atoms with Gasteiger partial charge in [-0.25, -0.2) is 9.78 Å². The molecule has 0 spiro atoms. The van der Waals surface area contributed by atoms with E-state index in [1.54, 1.807) is 0 Å². The number of nitrogens with two attached hydrogens (primary N) is 1. The van der Waals surface area contributed by atoms with Gasteiger partial charge in [-0.2, -0.15) is 13.2 Å². The summed E-state index contributed by atoms with van der Waals surface area (Å²) < 4.78 is 83.2. The van der Waals surface area contributed by atoms with Crippen LogP contribution in [0.25, 0.3) is 0 Å². The molecule has 0 aliphatic heterocycles. The summed E-state index contributed by atoms with van der Waals surface area (Å²) in [4.78, 5) is 14.6. The number of esters is 1. The first-order valence-corrected chi connectivity index (χ1v) is 5.73. The second-order valence-corrected chi connectivity index (χ2v) is 3.80. The first kappa shape index (κ1) is 18.0. The molecule has 1 aromatic heterocycles. The maximum atomic E-state index is 12.8. The van der Waals surface area contributed by atoms with Gasteiger partial charge in [-0.1, -0.05) is 0 Å². The number of halogens is 6. The highest BCUT2D eigenvalue weighted by molar-refractivity contribution is 5.94. The normalized spacial score (nSPS) is 12.2. The number of rotatable bonds is 4. The summed E-state index contributed by atoms with van der Waals surface area (Å²) in [5, 5.41) is 0. The third-order valence-corrected chi connectivity index (χ3v) is 2.35. The van der Waals surface area contributed by atoms with Crippen molar-refractivity contribution in [1.82, 2.24) is 4.98 Å². The summed E-state index contributed by atoms with van der Waals surface area (Å²) in [5.41, 5.74) is 1.72. The lowest BCUT2D eigenvalue weighted by molar-refractivity contribution is -0.276. The zero-order chi connectivity index (χ0) is 17.1. The highest BCUT2D eigenvalue weighted by atomic mass is 19.4. The van der Waals surface area contributed by atoms with Crippen LogP contribution in [-0.4, -0.2) is 23.9 Å². The lowest BCUT2D eigenvalue weighted by Crippen LogP contribution is -2.24. The molecule has 2 N–H and O–H groups in total. The monoisotopic (exact) mass is 332 g/mol. The zero-order valence-corrected chi connectivity index (χ0v) is 11.0. The second-order valence-electron chi connectivity index (χ2n) is 3.80. The molecule has 0 aromatic carbocycles. The number of aromatic nitrogens is 1. The Kier molecular flexibility index (Phi) is 5.22. The number of nitrogens with zero attached hydrogens (tertiary/aromatic N) is 1. The molecule has 0 atom stereocenters. The standard InChI is InChI=1S/C11H10F6N2O3/c1-2-21-9(20)7-5(3-18)6(10(12,13)14)4-19-8(7)22-11(15,16)17/h4H,2-3,18H2,1H3.